The summed E-state index contributed by atoms with van der Waals surface area (Å²) in [5.41, 5.74) is 6.52. The summed E-state index contributed by atoms with van der Waals surface area (Å²) in [5, 5.41) is 7.09. The molecule has 3 aromatic carbocycles. The fourth-order valence-electron chi connectivity index (χ4n) is 4.08. The lowest BCUT2D eigenvalue weighted by Crippen LogP contribution is -2.36. The van der Waals surface area contributed by atoms with Crippen LogP contribution in [-0.2, 0) is 11.3 Å². The molecule has 4 rings (SSSR count). The average molecular weight is 446 g/mol. The number of hydrogen-bond donors (Lipinski definition) is 0. The molecule has 0 saturated heterocycles. The van der Waals surface area contributed by atoms with Crippen molar-refractivity contribution in [2.45, 2.75) is 32.9 Å². The van der Waals surface area contributed by atoms with Gasteiger partial charge in [-0.05, 0) is 60.8 Å². The summed E-state index contributed by atoms with van der Waals surface area (Å²) >= 11 is 6.53. The first-order valence-electron chi connectivity index (χ1n) is 10.9. The fraction of sp³-hybridized carbons (Fsp3) is 0.259. The number of benzene rings is 3. The smallest absolute Gasteiger partial charge is 0.257 e. The van der Waals surface area contributed by atoms with Crippen LogP contribution in [0.3, 0.4) is 0 Å². The second-order valence-corrected chi connectivity index (χ2v) is 8.89. The molecule has 0 N–H and O–H groups in total. The quantitative estimate of drug-likeness (QED) is 0.483. The van der Waals surface area contributed by atoms with Crippen molar-refractivity contribution in [3.8, 4) is 0 Å². The second-order valence-electron chi connectivity index (χ2n) is 8.48. The van der Waals surface area contributed by atoms with Crippen LogP contribution in [-0.4, -0.2) is 35.1 Å². The molecule has 1 amide bonds. The summed E-state index contributed by atoms with van der Waals surface area (Å²) in [6.45, 7) is 5.17. The lowest BCUT2D eigenvalue weighted by molar-refractivity contribution is -0.134. The van der Waals surface area contributed by atoms with E-state index in [9.17, 15) is 4.79 Å². The average Bonchev–Trinajstić information content (AvgIpc) is 3.22. The van der Waals surface area contributed by atoms with E-state index in [1.165, 1.54) is 16.7 Å². The molecule has 1 aliphatic rings. The van der Waals surface area contributed by atoms with Crippen molar-refractivity contribution in [1.82, 2.24) is 9.91 Å². The molecule has 1 unspecified atom stereocenters. The third-order valence-electron chi connectivity index (χ3n) is 5.97. The molecule has 3 aromatic rings. The first-order chi connectivity index (χ1) is 15.4. The highest BCUT2D eigenvalue weighted by Gasteiger charge is 2.34. The monoisotopic (exact) mass is 445 g/mol. The normalized spacial score (nSPS) is 15.8. The highest BCUT2D eigenvalue weighted by Crippen LogP contribution is 2.36. The number of hydrogen-bond acceptors (Lipinski definition) is 3. The van der Waals surface area contributed by atoms with Gasteiger partial charge < -0.3 is 0 Å². The molecule has 1 atom stereocenters. The van der Waals surface area contributed by atoms with Gasteiger partial charge in [0.05, 0.1) is 18.3 Å². The molecular formula is C27H28ClN3O. The molecular weight excluding hydrogens is 418 g/mol. The zero-order chi connectivity index (χ0) is 22.7. The number of carbonyl (C=O) groups is 1. The van der Waals surface area contributed by atoms with Gasteiger partial charge >= 0.3 is 0 Å². The summed E-state index contributed by atoms with van der Waals surface area (Å²) < 4.78 is 0. The van der Waals surface area contributed by atoms with Crippen LogP contribution in [0.1, 0.15) is 40.3 Å². The van der Waals surface area contributed by atoms with Crippen molar-refractivity contribution in [1.29, 1.82) is 0 Å². The van der Waals surface area contributed by atoms with E-state index in [0.717, 1.165) is 16.8 Å². The Kier molecular flexibility index (Phi) is 6.73. The maximum Gasteiger partial charge on any atom is 0.257 e. The van der Waals surface area contributed by atoms with Crippen LogP contribution in [0.2, 0.25) is 5.02 Å². The van der Waals surface area contributed by atoms with Gasteiger partial charge in [-0.1, -0.05) is 72.3 Å². The van der Waals surface area contributed by atoms with Gasteiger partial charge in [0.15, 0.2) is 0 Å². The zero-order valence-corrected chi connectivity index (χ0v) is 19.5. The van der Waals surface area contributed by atoms with Crippen LogP contribution in [0, 0.1) is 13.8 Å². The molecule has 0 aliphatic carbocycles. The standard InChI is InChI=1S/C27H28ClN3O/c1-19-13-14-22(15-20(19)2)25-16-26(23-11-7-8-12-24(23)28)31(29-25)27(32)18-30(3)17-21-9-5-4-6-10-21/h4-15,26H,16-18H2,1-3H3. The van der Waals surface area contributed by atoms with Gasteiger partial charge in [-0.3, -0.25) is 9.69 Å². The summed E-state index contributed by atoms with van der Waals surface area (Å²) in [4.78, 5) is 15.4. The first kappa shape index (κ1) is 22.3. The van der Waals surface area contributed by atoms with E-state index in [4.69, 9.17) is 16.7 Å². The Bertz CT molecular complexity index is 1140. The highest BCUT2D eigenvalue weighted by molar-refractivity contribution is 6.31. The Hall–Kier alpha value is -2.95. The number of amides is 1. The van der Waals surface area contributed by atoms with Gasteiger partial charge in [-0.25, -0.2) is 5.01 Å². The largest absolute Gasteiger partial charge is 0.293 e. The van der Waals surface area contributed by atoms with Gasteiger partial charge in [-0.15, -0.1) is 0 Å². The molecule has 4 nitrogen and oxygen atoms in total. The van der Waals surface area contributed by atoms with Crippen molar-refractivity contribution in [2.24, 2.45) is 5.10 Å². The number of likely N-dealkylation sites (N-methyl/N-ethyl adjacent to an activating group) is 1. The minimum Gasteiger partial charge on any atom is -0.293 e. The third-order valence-corrected chi connectivity index (χ3v) is 6.31. The van der Waals surface area contributed by atoms with E-state index in [0.29, 0.717) is 18.0 Å². The SMILES string of the molecule is Cc1ccc(C2=NN(C(=O)CN(C)Cc3ccccc3)C(c3ccccc3Cl)C2)cc1C. The Balaban J connectivity index is 1.60. The molecule has 0 fully saturated rings. The summed E-state index contributed by atoms with van der Waals surface area (Å²) in [7, 11) is 1.96. The summed E-state index contributed by atoms with van der Waals surface area (Å²) in [5.74, 6) is -0.0350. The van der Waals surface area contributed by atoms with Gasteiger partial charge in [0.2, 0.25) is 0 Å². The van der Waals surface area contributed by atoms with E-state index in [2.05, 4.69) is 44.2 Å². The molecule has 0 aromatic heterocycles. The molecule has 32 heavy (non-hydrogen) atoms. The number of nitrogens with zero attached hydrogens (tertiary/aromatic N) is 3. The molecule has 5 heteroatoms. The van der Waals surface area contributed by atoms with E-state index in [1.54, 1.807) is 5.01 Å². The van der Waals surface area contributed by atoms with Crippen LogP contribution in [0.4, 0.5) is 0 Å². The Morgan fingerprint density at radius 2 is 1.75 bits per heavy atom. The molecule has 1 aliphatic heterocycles. The highest BCUT2D eigenvalue weighted by atomic mass is 35.5. The van der Waals surface area contributed by atoms with E-state index in [1.807, 2.05) is 54.4 Å². The van der Waals surface area contributed by atoms with Crippen LogP contribution in [0.15, 0.2) is 77.9 Å². The van der Waals surface area contributed by atoms with Crippen molar-refractivity contribution in [2.75, 3.05) is 13.6 Å². The van der Waals surface area contributed by atoms with E-state index < -0.39 is 0 Å². The maximum absolute atomic E-state index is 13.4. The van der Waals surface area contributed by atoms with Gasteiger partial charge in [0.1, 0.15) is 0 Å². The van der Waals surface area contributed by atoms with Crippen LogP contribution in [0.25, 0.3) is 0 Å². The Labute approximate surface area is 195 Å². The van der Waals surface area contributed by atoms with Gasteiger partial charge in [-0.2, -0.15) is 5.10 Å². The van der Waals surface area contributed by atoms with Crippen molar-refractivity contribution in [3.05, 3.63) is 106 Å². The summed E-state index contributed by atoms with van der Waals surface area (Å²) in [6, 6.07) is 24.0. The van der Waals surface area contributed by atoms with E-state index >= 15 is 0 Å². The lowest BCUT2D eigenvalue weighted by Gasteiger charge is -2.25. The maximum atomic E-state index is 13.4. The van der Waals surface area contributed by atoms with E-state index in [-0.39, 0.29) is 18.5 Å². The predicted octanol–water partition coefficient (Wildman–Crippen LogP) is 5.77. The molecule has 0 saturated carbocycles. The fourth-order valence-corrected chi connectivity index (χ4v) is 4.34. The third kappa shape index (κ3) is 4.93. The molecule has 0 spiro atoms. The van der Waals surface area contributed by atoms with Gasteiger partial charge in [0.25, 0.3) is 5.91 Å². The van der Waals surface area contributed by atoms with Crippen LogP contribution >= 0.6 is 11.6 Å². The molecule has 1 heterocycles. The number of carbonyl (C=O) groups excluding carboxylic acids is 1. The van der Waals surface area contributed by atoms with Crippen LogP contribution < -0.4 is 0 Å². The molecule has 0 radical (unpaired) electrons. The zero-order valence-electron chi connectivity index (χ0n) is 18.8. The molecule has 164 valence electrons. The van der Waals surface area contributed by atoms with Crippen molar-refractivity contribution in [3.63, 3.8) is 0 Å². The van der Waals surface area contributed by atoms with Crippen molar-refractivity contribution < 1.29 is 4.79 Å². The number of aryl methyl sites for hydroxylation is 2. The predicted molar refractivity (Wildman–Crippen MR) is 131 cm³/mol. The molecule has 0 bridgehead atoms. The number of halogens is 1. The van der Waals surface area contributed by atoms with Crippen LogP contribution in [0.5, 0.6) is 0 Å². The topological polar surface area (TPSA) is 35.9 Å². The van der Waals surface area contributed by atoms with Gasteiger partial charge in [0, 0.05) is 18.0 Å². The minimum absolute atomic E-state index is 0.0350. The number of rotatable bonds is 6. The minimum atomic E-state index is -0.210. The Morgan fingerprint density at radius 3 is 2.47 bits per heavy atom. The van der Waals surface area contributed by atoms with Crippen molar-refractivity contribution >= 4 is 23.2 Å². The second kappa shape index (κ2) is 9.68. The lowest BCUT2D eigenvalue weighted by atomic mass is 9.96. The summed E-state index contributed by atoms with van der Waals surface area (Å²) in [6.07, 6.45) is 0.639. The number of hydrazone groups is 1. The Morgan fingerprint density at radius 1 is 1.03 bits per heavy atom. The first-order valence-corrected chi connectivity index (χ1v) is 11.2.